The van der Waals surface area contributed by atoms with Gasteiger partial charge in [0, 0.05) is 25.9 Å². The van der Waals surface area contributed by atoms with E-state index in [1.807, 2.05) is 6.92 Å². The van der Waals surface area contributed by atoms with E-state index >= 15 is 0 Å². The predicted octanol–water partition coefficient (Wildman–Crippen LogP) is 6.71. The lowest BCUT2D eigenvalue weighted by atomic mass is 10.3. The van der Waals surface area contributed by atoms with E-state index in [-0.39, 0.29) is 70.8 Å². The van der Waals surface area contributed by atoms with Crippen LogP contribution >= 0.6 is 46.4 Å². The maximum atomic E-state index is 10.0. The number of nitrogens with two attached hydrogens (primary N) is 2. The molecule has 0 aromatic heterocycles. The minimum absolute atomic E-state index is 0. The van der Waals surface area contributed by atoms with Crippen molar-refractivity contribution in [1.29, 1.82) is 5.26 Å². The molecule has 0 radical (unpaired) electrons. The normalized spacial score (nSPS) is 5.94. The van der Waals surface area contributed by atoms with Crippen molar-refractivity contribution in [3.63, 3.8) is 0 Å². The quantitative estimate of drug-likeness (QED) is 0.0599. The molecule has 0 aliphatic heterocycles. The van der Waals surface area contributed by atoms with Gasteiger partial charge in [-0.05, 0) is 59.2 Å². The predicted molar refractivity (Wildman–Crippen MR) is 147 cm³/mol. The zero-order chi connectivity index (χ0) is 23.2. The highest BCUT2D eigenvalue weighted by Crippen LogP contribution is 2.01. The first-order valence-corrected chi connectivity index (χ1v) is 8.72. The van der Waals surface area contributed by atoms with Crippen LogP contribution in [0.5, 0.6) is 0 Å². The molecule has 0 fully saturated rings. The van der Waals surface area contributed by atoms with E-state index in [2.05, 4.69) is 44.4 Å². The number of hydrogen-bond donors (Lipinski definition) is 2. The number of aldehydes is 1. The molecule has 0 heterocycles. The van der Waals surface area contributed by atoms with Crippen LogP contribution < -0.4 is 11.5 Å². The molecule has 0 aromatic rings. The Morgan fingerprint density at radius 3 is 1.41 bits per heavy atom. The van der Waals surface area contributed by atoms with Gasteiger partial charge in [-0.1, -0.05) is 51.5 Å². The lowest BCUT2D eigenvalue weighted by molar-refractivity contribution is -0.113. The summed E-state index contributed by atoms with van der Waals surface area (Å²) in [5.74, 6) is 0. The zero-order valence-corrected chi connectivity index (χ0v) is 18.1. The van der Waals surface area contributed by atoms with Crippen LogP contribution in [0.3, 0.4) is 0 Å². The van der Waals surface area contributed by atoms with Gasteiger partial charge in [-0.25, -0.2) is 4.79 Å². The van der Waals surface area contributed by atoms with Gasteiger partial charge < -0.3 is 21.0 Å². The summed E-state index contributed by atoms with van der Waals surface area (Å²) in [6.45, 7) is 2.01. The van der Waals surface area contributed by atoms with Crippen LogP contribution in [-0.2, 0) is 23.9 Å². The summed E-state index contributed by atoms with van der Waals surface area (Å²) in [7, 11) is 0. The number of carbonyl (C=O) groups excluding carboxylic acids is 5. The molecule has 14 heteroatoms. The molecule has 0 unspecified atom stereocenters. The van der Waals surface area contributed by atoms with Gasteiger partial charge in [0.15, 0.2) is 0 Å². The molecule has 0 aliphatic carbocycles. The van der Waals surface area contributed by atoms with E-state index < -0.39 is 15.2 Å². The van der Waals surface area contributed by atoms with Crippen LogP contribution in [0.1, 0.15) is 83.6 Å². The smallest absolute Gasteiger partial charge is 0.313 e. The summed E-state index contributed by atoms with van der Waals surface area (Å²) >= 11 is 18.7. The molecule has 0 bridgehead atoms. The maximum Gasteiger partial charge on any atom is 0.313 e. The summed E-state index contributed by atoms with van der Waals surface area (Å²) in [6, 6.07) is 0. The van der Waals surface area contributed by atoms with Crippen molar-refractivity contribution < 1.29 is 28.7 Å². The van der Waals surface area contributed by atoms with Crippen molar-refractivity contribution >= 4 is 74.0 Å². The average Bonchev–Trinajstić information content (AvgIpc) is 2.57. The average molecular weight is 580 g/mol. The number of rotatable bonds is 8. The van der Waals surface area contributed by atoms with Crippen molar-refractivity contribution in [2.45, 2.75) is 83.6 Å². The van der Waals surface area contributed by atoms with Gasteiger partial charge in [-0.2, -0.15) is 10.3 Å². The van der Waals surface area contributed by atoms with Crippen molar-refractivity contribution in [1.82, 2.24) is 0 Å². The van der Waals surface area contributed by atoms with Crippen LogP contribution in [0.25, 0.3) is 0 Å². The topological polar surface area (TPSA) is 183 Å². The largest absolute Gasteiger partial charge is 0.403 e. The Labute approximate surface area is 227 Å². The van der Waals surface area contributed by atoms with Crippen LogP contribution in [0.15, 0.2) is 4.99 Å². The van der Waals surface area contributed by atoms with Crippen LogP contribution in [0, 0.1) is 11.5 Å². The summed E-state index contributed by atoms with van der Waals surface area (Å²) in [5, 5.41) is 6.78. The lowest BCUT2D eigenvalue weighted by Crippen LogP contribution is -2.08. The Hall–Kier alpha value is -1.57. The van der Waals surface area contributed by atoms with Crippen molar-refractivity contribution in [3.05, 3.63) is 0 Å². The van der Waals surface area contributed by atoms with Crippen molar-refractivity contribution in [2.24, 2.45) is 16.5 Å². The fourth-order valence-electron chi connectivity index (χ4n) is 0.572. The molecule has 210 valence electrons. The van der Waals surface area contributed by atoms with Crippen LogP contribution in [0.4, 0.5) is 4.79 Å². The minimum Gasteiger partial charge on any atom is -0.403 e. The first-order chi connectivity index (χ1) is 13.1. The SMILES string of the molecule is C.C.C.C.C.C.CCCC=O.N#COCN=C=O.NCN.O=C(Cl)CCCC(=O)Cl.O=C(Cl)Cl. The molecule has 0 spiro atoms. The second-order valence-corrected chi connectivity index (χ2v) is 5.32. The molecular formula is C20H46Cl4N4O6. The highest BCUT2D eigenvalue weighted by Gasteiger charge is 1.98. The monoisotopic (exact) mass is 578 g/mol. The second kappa shape index (κ2) is 77.1. The molecule has 4 N–H and O–H groups in total. The Morgan fingerprint density at radius 2 is 1.26 bits per heavy atom. The van der Waals surface area contributed by atoms with Gasteiger partial charge in [0.05, 0.1) is 0 Å². The van der Waals surface area contributed by atoms with Crippen molar-refractivity contribution in [2.75, 3.05) is 13.4 Å². The molecule has 0 aliphatic rings. The molecule has 34 heavy (non-hydrogen) atoms. The molecule has 0 saturated carbocycles. The van der Waals surface area contributed by atoms with Gasteiger partial charge in [-0.15, -0.1) is 0 Å². The minimum atomic E-state index is -0.889. The first-order valence-electron chi connectivity index (χ1n) is 7.20. The number of carbonyl (C=O) groups is 4. The number of hydrogen-bond acceptors (Lipinski definition) is 10. The summed E-state index contributed by atoms with van der Waals surface area (Å²) in [5.41, 5.74) is 9.25. The number of nitriles is 1. The third kappa shape index (κ3) is 242. The second-order valence-electron chi connectivity index (χ2n) is 3.59. The molecule has 0 atom stereocenters. The third-order valence-corrected chi connectivity index (χ3v) is 1.79. The van der Waals surface area contributed by atoms with Gasteiger partial charge in [-0.3, -0.25) is 14.4 Å². The number of unbranched alkanes of at least 4 members (excludes halogenated alkanes) is 1. The molecule has 0 saturated heterocycles. The van der Waals surface area contributed by atoms with E-state index in [9.17, 15) is 19.2 Å². The van der Waals surface area contributed by atoms with Crippen LogP contribution in [0.2, 0.25) is 0 Å². The van der Waals surface area contributed by atoms with Gasteiger partial charge in [0.1, 0.15) is 6.29 Å². The molecule has 0 amide bonds. The van der Waals surface area contributed by atoms with Crippen molar-refractivity contribution in [3.8, 4) is 6.26 Å². The van der Waals surface area contributed by atoms with E-state index in [0.29, 0.717) is 12.8 Å². The maximum absolute atomic E-state index is 10.0. The number of nitrogens with zero attached hydrogens (tertiary/aromatic N) is 2. The fraction of sp³-hybridized carbons (Fsp3) is 0.700. The first kappa shape index (κ1) is 69.8. The molecule has 0 aromatic carbocycles. The summed E-state index contributed by atoms with van der Waals surface area (Å²) in [4.78, 5) is 50.6. The molecular weight excluding hydrogens is 534 g/mol. The van der Waals surface area contributed by atoms with E-state index in [1.165, 1.54) is 12.3 Å². The highest BCUT2D eigenvalue weighted by atomic mass is 35.5. The Balaban J connectivity index is -0.0000000216. The van der Waals surface area contributed by atoms with Gasteiger partial charge in [0.2, 0.25) is 23.3 Å². The number of halogens is 4. The standard InChI is InChI=1S/C5H6Cl2O2.C4H8O.C3H2N2O2.CCl2O.CH6N2.6CH4/c6-4(8)2-1-3-5(7)9;1-2-3-4-5;4-1-7-3-5-2-6;2-1(3)4;2-1-3;;;;;;/h1-3H2;4H,2-3H2,1H3;3H2;;1-3H2;6*1H4. The molecule has 0 rings (SSSR count). The zero-order valence-electron chi connectivity index (χ0n) is 15.0. The summed E-state index contributed by atoms with van der Waals surface area (Å²) < 4.78 is 3.06. The van der Waals surface area contributed by atoms with E-state index in [1.54, 1.807) is 0 Å². The Kier molecular flexibility index (Phi) is 158. The number of aliphatic imine (C=N–C) groups is 1. The van der Waals surface area contributed by atoms with Crippen LogP contribution in [-0.4, -0.2) is 41.0 Å². The van der Waals surface area contributed by atoms with E-state index in [4.69, 9.17) is 33.3 Å². The molecule has 10 nitrogen and oxygen atoms in total. The van der Waals surface area contributed by atoms with E-state index in [0.717, 1.165) is 12.7 Å². The summed E-state index contributed by atoms with van der Waals surface area (Å²) in [6.07, 6.45) is 6.04. The van der Waals surface area contributed by atoms with Gasteiger partial charge in [0.25, 0.3) is 6.26 Å². The highest BCUT2D eigenvalue weighted by molar-refractivity contribution is 6.93. The number of isocyanates is 1. The van der Waals surface area contributed by atoms with Gasteiger partial charge >= 0.3 is 4.70 Å². The fourth-order valence-corrected chi connectivity index (χ4v) is 0.839. The Morgan fingerprint density at radius 1 is 0.941 bits per heavy atom. The number of ether oxygens (including phenoxy) is 1. The lowest BCUT2D eigenvalue weighted by Gasteiger charge is -1.87. The third-order valence-electron chi connectivity index (χ3n) is 1.41. The Bertz CT molecular complexity index is 470.